The van der Waals surface area contributed by atoms with E-state index in [2.05, 4.69) is 46.3 Å². The number of urea groups is 1. The number of carbonyl (C=O) groups is 2. The van der Waals surface area contributed by atoms with Crippen LogP contribution in [0.2, 0.25) is 5.02 Å². The molecule has 2 aliphatic rings. The number of likely N-dealkylation sites (tertiary alicyclic amines) is 1. The molecule has 0 radical (unpaired) electrons. The van der Waals surface area contributed by atoms with Gasteiger partial charge in [0.05, 0.1) is 5.02 Å². The largest absolute Gasteiger partial charge is 0.506 e. The Labute approximate surface area is 213 Å². The van der Waals surface area contributed by atoms with Gasteiger partial charge in [-0.05, 0) is 63.7 Å². The Morgan fingerprint density at radius 1 is 1.03 bits per heavy atom. The van der Waals surface area contributed by atoms with Gasteiger partial charge in [0.1, 0.15) is 5.75 Å². The van der Waals surface area contributed by atoms with Gasteiger partial charge in [-0.1, -0.05) is 47.9 Å². The van der Waals surface area contributed by atoms with Crippen LogP contribution in [0.1, 0.15) is 30.4 Å². The maximum absolute atomic E-state index is 12.0. The molecular formula is C26H37ClN4O4. The molecule has 0 bridgehead atoms. The Morgan fingerprint density at radius 3 is 2.29 bits per heavy atom. The number of phenolic OH excluding ortho intramolecular Hbond substituents is 1. The molecule has 2 aromatic carbocycles. The number of piperidine rings is 1. The molecule has 35 heavy (non-hydrogen) atoms. The normalized spacial score (nSPS) is 16.3. The van der Waals surface area contributed by atoms with Crippen LogP contribution in [0.15, 0.2) is 42.5 Å². The predicted molar refractivity (Wildman–Crippen MR) is 140 cm³/mol. The fourth-order valence-electron chi connectivity index (χ4n) is 3.98. The predicted octanol–water partition coefficient (Wildman–Crippen LogP) is 4.51. The lowest BCUT2D eigenvalue weighted by Gasteiger charge is -2.32. The van der Waals surface area contributed by atoms with E-state index in [1.54, 1.807) is 11.0 Å². The number of aryl methyl sites for hydroxylation is 1. The molecule has 0 spiro atoms. The summed E-state index contributed by atoms with van der Waals surface area (Å²) in [6.07, 6.45) is 4.18. The number of hydrogen-bond acceptors (Lipinski definition) is 5. The van der Waals surface area contributed by atoms with Gasteiger partial charge in [-0.2, -0.15) is 0 Å². The van der Waals surface area contributed by atoms with Gasteiger partial charge >= 0.3 is 6.03 Å². The molecule has 192 valence electrons. The van der Waals surface area contributed by atoms with E-state index < -0.39 is 0 Å². The summed E-state index contributed by atoms with van der Waals surface area (Å²) in [6.45, 7) is 8.82. The van der Waals surface area contributed by atoms with Gasteiger partial charge in [0, 0.05) is 38.4 Å². The molecule has 0 aliphatic carbocycles. The van der Waals surface area contributed by atoms with Crippen LogP contribution in [0.3, 0.4) is 0 Å². The van der Waals surface area contributed by atoms with Crippen LogP contribution >= 0.6 is 11.6 Å². The minimum Gasteiger partial charge on any atom is -0.506 e. The Kier molecular flexibility index (Phi) is 12.4. The molecule has 0 aromatic heterocycles. The number of nitrogens with one attached hydrogen (secondary N) is 1. The number of amides is 2. The topological polar surface area (TPSA) is 96.4 Å². The lowest BCUT2D eigenvalue weighted by atomic mass is 10.1. The molecule has 9 heteroatoms. The summed E-state index contributed by atoms with van der Waals surface area (Å²) in [5.74, 6) is 0.00858. The first kappa shape index (κ1) is 28.4. The number of piperazine rings is 1. The molecule has 2 aliphatic heterocycles. The number of likely N-dealkylation sites (N-methyl/N-ethyl adjacent to an activating group) is 1. The zero-order valence-corrected chi connectivity index (χ0v) is 21.4. The number of carboxylic acid groups (broad SMARTS) is 1. The van der Waals surface area contributed by atoms with E-state index in [1.807, 2.05) is 7.05 Å². The van der Waals surface area contributed by atoms with Crippen molar-refractivity contribution in [3.8, 4) is 5.75 Å². The van der Waals surface area contributed by atoms with Crippen molar-refractivity contribution in [3.05, 3.63) is 58.6 Å². The number of hydrogen-bond donors (Lipinski definition) is 3. The first-order chi connectivity index (χ1) is 16.8. The Bertz CT molecular complexity index is 929. The third-order valence-electron chi connectivity index (χ3n) is 5.93. The van der Waals surface area contributed by atoms with Crippen LogP contribution in [-0.2, 0) is 11.3 Å². The van der Waals surface area contributed by atoms with E-state index in [0.717, 1.165) is 19.6 Å². The zero-order chi connectivity index (χ0) is 25.6. The van der Waals surface area contributed by atoms with Crippen LogP contribution in [0.25, 0.3) is 0 Å². The third-order valence-corrected chi connectivity index (χ3v) is 6.23. The van der Waals surface area contributed by atoms with Gasteiger partial charge in [-0.25, -0.2) is 4.79 Å². The van der Waals surface area contributed by atoms with Crippen LogP contribution in [0.5, 0.6) is 5.75 Å². The number of nitrogens with zero attached hydrogens (tertiary/aromatic N) is 3. The smallest absolute Gasteiger partial charge is 0.321 e. The average Bonchev–Trinajstić information content (AvgIpc) is 2.83. The number of phenols is 1. The maximum Gasteiger partial charge on any atom is 0.321 e. The van der Waals surface area contributed by atoms with Crippen molar-refractivity contribution in [3.63, 3.8) is 0 Å². The van der Waals surface area contributed by atoms with Crippen LogP contribution in [-0.4, -0.2) is 83.7 Å². The van der Waals surface area contributed by atoms with Crippen LogP contribution in [0.4, 0.5) is 10.5 Å². The molecule has 2 amide bonds. The summed E-state index contributed by atoms with van der Waals surface area (Å²) >= 11 is 5.78. The lowest BCUT2D eigenvalue weighted by molar-refractivity contribution is -0.122. The number of carbonyl (C=O) groups excluding carboxylic acids is 1. The number of anilines is 1. The molecule has 0 saturated carbocycles. The molecule has 2 fully saturated rings. The van der Waals surface area contributed by atoms with E-state index in [1.165, 1.54) is 55.6 Å². The Morgan fingerprint density at radius 2 is 1.69 bits per heavy atom. The van der Waals surface area contributed by atoms with E-state index in [9.17, 15) is 9.90 Å². The van der Waals surface area contributed by atoms with Crippen molar-refractivity contribution in [1.82, 2.24) is 14.7 Å². The summed E-state index contributed by atoms with van der Waals surface area (Å²) in [7, 11) is 2.04. The highest BCUT2D eigenvalue weighted by atomic mass is 35.5. The highest BCUT2D eigenvalue weighted by Gasteiger charge is 2.19. The standard InChI is InChI=1S/C13H19N.C12H16ClN3O2.CH2O2/c1-12-6-5-7-13(10-12)11-14-8-3-2-4-9-14;1-15-4-6-16(7-5-15)12(18)14-9-2-3-11(17)10(13)8-9;2-1-3/h5-7,10H,2-4,8-9,11H2,1H3;2-3,8,17H,4-7H2,1H3,(H,14,18);1H,(H,2,3). The second-order valence-electron chi connectivity index (χ2n) is 8.82. The van der Waals surface area contributed by atoms with Crippen molar-refractivity contribution < 1.29 is 19.8 Å². The summed E-state index contributed by atoms with van der Waals surface area (Å²) < 4.78 is 0. The second-order valence-corrected chi connectivity index (χ2v) is 9.23. The first-order valence-electron chi connectivity index (χ1n) is 11.9. The first-order valence-corrected chi connectivity index (χ1v) is 12.3. The molecule has 4 rings (SSSR count). The van der Waals surface area contributed by atoms with Gasteiger partial charge in [0.15, 0.2) is 0 Å². The third kappa shape index (κ3) is 10.5. The molecule has 0 unspecified atom stereocenters. The number of rotatable bonds is 3. The summed E-state index contributed by atoms with van der Waals surface area (Å²) in [5.41, 5.74) is 3.42. The molecule has 2 saturated heterocycles. The second kappa shape index (κ2) is 15.2. The maximum atomic E-state index is 12.0. The fraction of sp³-hybridized carbons (Fsp3) is 0.462. The molecular weight excluding hydrogens is 468 g/mol. The van der Waals surface area contributed by atoms with Crippen molar-refractivity contribution in [2.24, 2.45) is 0 Å². The zero-order valence-electron chi connectivity index (χ0n) is 20.6. The highest BCUT2D eigenvalue weighted by Crippen LogP contribution is 2.26. The van der Waals surface area contributed by atoms with E-state index in [4.69, 9.17) is 21.5 Å². The Hall–Kier alpha value is -2.81. The number of halogens is 1. The van der Waals surface area contributed by atoms with Crippen molar-refractivity contribution in [1.29, 1.82) is 0 Å². The van der Waals surface area contributed by atoms with Crippen molar-refractivity contribution in [2.75, 3.05) is 51.6 Å². The van der Waals surface area contributed by atoms with Crippen molar-refractivity contribution in [2.45, 2.75) is 32.7 Å². The van der Waals surface area contributed by atoms with Gasteiger partial charge in [-0.15, -0.1) is 0 Å². The molecule has 3 N–H and O–H groups in total. The Balaban J connectivity index is 0.000000227. The molecule has 0 atom stereocenters. The van der Waals surface area contributed by atoms with Gasteiger partial charge in [-0.3, -0.25) is 9.69 Å². The quantitative estimate of drug-likeness (QED) is 0.420. The molecule has 8 nitrogen and oxygen atoms in total. The molecule has 2 aromatic rings. The van der Waals surface area contributed by atoms with Gasteiger partial charge in [0.25, 0.3) is 6.47 Å². The summed E-state index contributed by atoms with van der Waals surface area (Å²) in [4.78, 5) is 26.8. The van der Waals surface area contributed by atoms with E-state index in [-0.39, 0.29) is 23.3 Å². The highest BCUT2D eigenvalue weighted by molar-refractivity contribution is 6.32. The summed E-state index contributed by atoms with van der Waals surface area (Å²) in [6, 6.07) is 13.3. The van der Waals surface area contributed by atoms with E-state index in [0.29, 0.717) is 18.8 Å². The van der Waals surface area contributed by atoms with Gasteiger partial charge < -0.3 is 25.3 Å². The summed E-state index contributed by atoms with van der Waals surface area (Å²) in [5, 5.41) is 19.2. The SMILES string of the molecule is CN1CCN(C(=O)Nc2ccc(O)c(Cl)c2)CC1.Cc1cccc(CN2CCCCC2)c1.O=CO. The number of benzene rings is 2. The fourth-order valence-corrected chi connectivity index (χ4v) is 4.16. The number of aromatic hydroxyl groups is 1. The lowest BCUT2D eigenvalue weighted by Crippen LogP contribution is -2.48. The monoisotopic (exact) mass is 504 g/mol. The molecule has 2 heterocycles. The van der Waals surface area contributed by atoms with Crippen LogP contribution < -0.4 is 5.32 Å². The minimum absolute atomic E-state index is 0.00858. The van der Waals surface area contributed by atoms with Gasteiger partial charge in [0.2, 0.25) is 0 Å². The van der Waals surface area contributed by atoms with Crippen LogP contribution in [0, 0.1) is 6.92 Å². The van der Waals surface area contributed by atoms with E-state index >= 15 is 0 Å². The average molecular weight is 505 g/mol. The van der Waals surface area contributed by atoms with Crippen molar-refractivity contribution >= 4 is 29.8 Å². The minimum atomic E-state index is -0.250.